The van der Waals surface area contributed by atoms with E-state index in [4.69, 9.17) is 5.11 Å². The highest BCUT2D eigenvalue weighted by atomic mass is 16.3. The molecule has 1 aliphatic carbocycles. The predicted molar refractivity (Wildman–Crippen MR) is 79.7 cm³/mol. The number of aliphatic hydroxyl groups excluding tert-OH is 1. The molecule has 3 N–H and O–H groups in total. The summed E-state index contributed by atoms with van der Waals surface area (Å²) in [7, 11) is 0. The SMILES string of the molecule is CCC(CCO)NC(=O)NCC1(c2ccccc2)CC1. The maximum absolute atomic E-state index is 11.9. The number of aliphatic hydroxyl groups is 1. The van der Waals surface area contributed by atoms with Crippen LogP contribution in [-0.4, -0.2) is 30.3 Å². The molecule has 2 rings (SSSR count). The Balaban J connectivity index is 1.82. The number of nitrogens with one attached hydrogen (secondary N) is 2. The van der Waals surface area contributed by atoms with Gasteiger partial charge in [-0.15, -0.1) is 0 Å². The Morgan fingerprint density at radius 3 is 2.60 bits per heavy atom. The molecule has 2 amide bonds. The van der Waals surface area contributed by atoms with E-state index in [2.05, 4.69) is 22.8 Å². The van der Waals surface area contributed by atoms with Gasteiger partial charge in [0.2, 0.25) is 0 Å². The first-order chi connectivity index (χ1) is 9.70. The molecule has 0 bridgehead atoms. The van der Waals surface area contributed by atoms with Crippen molar-refractivity contribution in [2.45, 2.75) is 44.1 Å². The highest BCUT2D eigenvalue weighted by Crippen LogP contribution is 2.47. The van der Waals surface area contributed by atoms with Gasteiger partial charge in [-0.25, -0.2) is 4.79 Å². The van der Waals surface area contributed by atoms with Crippen molar-refractivity contribution in [3.05, 3.63) is 35.9 Å². The van der Waals surface area contributed by atoms with E-state index in [1.165, 1.54) is 5.56 Å². The first kappa shape index (κ1) is 14.9. The molecule has 0 spiro atoms. The number of urea groups is 1. The second-order valence-corrected chi connectivity index (χ2v) is 5.59. The van der Waals surface area contributed by atoms with Gasteiger partial charge in [-0.1, -0.05) is 37.3 Å². The number of benzene rings is 1. The molecule has 1 saturated carbocycles. The molecular weight excluding hydrogens is 252 g/mol. The fourth-order valence-corrected chi connectivity index (χ4v) is 2.53. The monoisotopic (exact) mass is 276 g/mol. The normalized spacial score (nSPS) is 17.3. The third-order valence-corrected chi connectivity index (χ3v) is 4.13. The van der Waals surface area contributed by atoms with E-state index in [1.54, 1.807) is 0 Å². The first-order valence-electron chi connectivity index (χ1n) is 7.41. The summed E-state index contributed by atoms with van der Waals surface area (Å²) in [6.45, 7) is 2.79. The Morgan fingerprint density at radius 1 is 1.35 bits per heavy atom. The summed E-state index contributed by atoms with van der Waals surface area (Å²) in [6, 6.07) is 10.3. The molecule has 0 aliphatic heterocycles. The van der Waals surface area contributed by atoms with Crippen LogP contribution in [0.25, 0.3) is 0 Å². The molecule has 4 nitrogen and oxygen atoms in total. The number of carbonyl (C=O) groups is 1. The van der Waals surface area contributed by atoms with Crippen molar-refractivity contribution in [3.63, 3.8) is 0 Å². The maximum Gasteiger partial charge on any atom is 0.315 e. The highest BCUT2D eigenvalue weighted by Gasteiger charge is 2.44. The summed E-state index contributed by atoms with van der Waals surface area (Å²) >= 11 is 0. The van der Waals surface area contributed by atoms with E-state index >= 15 is 0 Å². The Morgan fingerprint density at radius 2 is 2.05 bits per heavy atom. The molecule has 20 heavy (non-hydrogen) atoms. The average molecular weight is 276 g/mol. The molecular formula is C16H24N2O2. The van der Waals surface area contributed by atoms with E-state index in [0.29, 0.717) is 13.0 Å². The van der Waals surface area contributed by atoms with Crippen molar-refractivity contribution < 1.29 is 9.90 Å². The lowest BCUT2D eigenvalue weighted by atomic mass is 9.96. The summed E-state index contributed by atoms with van der Waals surface area (Å²) in [6.07, 6.45) is 3.70. The summed E-state index contributed by atoms with van der Waals surface area (Å²) in [5.41, 5.74) is 1.44. The first-order valence-corrected chi connectivity index (χ1v) is 7.41. The smallest absolute Gasteiger partial charge is 0.315 e. The largest absolute Gasteiger partial charge is 0.396 e. The van der Waals surface area contributed by atoms with Crippen LogP contribution < -0.4 is 10.6 Å². The van der Waals surface area contributed by atoms with Crippen molar-refractivity contribution in [3.8, 4) is 0 Å². The number of carbonyl (C=O) groups excluding carboxylic acids is 1. The second kappa shape index (κ2) is 6.75. The van der Waals surface area contributed by atoms with Gasteiger partial charge >= 0.3 is 6.03 Å². The van der Waals surface area contributed by atoms with Crippen LogP contribution in [-0.2, 0) is 5.41 Å². The minimum absolute atomic E-state index is 0.0480. The second-order valence-electron chi connectivity index (χ2n) is 5.59. The molecule has 0 aromatic heterocycles. The van der Waals surface area contributed by atoms with Gasteiger partial charge in [0.05, 0.1) is 0 Å². The Kier molecular flexibility index (Phi) is 5.01. The van der Waals surface area contributed by atoms with Gasteiger partial charge in [0.25, 0.3) is 0 Å². The standard InChI is InChI=1S/C16H24N2O2/c1-2-14(8-11-19)18-15(20)17-12-16(9-10-16)13-6-4-3-5-7-13/h3-7,14,19H,2,8-12H2,1H3,(H2,17,18,20). The van der Waals surface area contributed by atoms with E-state index < -0.39 is 0 Å². The highest BCUT2D eigenvalue weighted by molar-refractivity contribution is 5.74. The number of hydrogen-bond acceptors (Lipinski definition) is 2. The van der Waals surface area contributed by atoms with Crippen LogP contribution in [0.4, 0.5) is 4.79 Å². The third kappa shape index (κ3) is 3.73. The lowest BCUT2D eigenvalue weighted by Crippen LogP contribution is -2.44. The van der Waals surface area contributed by atoms with E-state index in [-0.39, 0.29) is 24.1 Å². The lowest BCUT2D eigenvalue weighted by Gasteiger charge is -2.20. The van der Waals surface area contributed by atoms with Crippen molar-refractivity contribution in [2.75, 3.05) is 13.2 Å². The van der Waals surface area contributed by atoms with E-state index in [9.17, 15) is 4.79 Å². The molecule has 0 heterocycles. The zero-order valence-electron chi connectivity index (χ0n) is 12.1. The van der Waals surface area contributed by atoms with E-state index in [0.717, 1.165) is 19.3 Å². The van der Waals surface area contributed by atoms with Crippen molar-refractivity contribution in [2.24, 2.45) is 0 Å². The van der Waals surface area contributed by atoms with Crippen LogP contribution in [0.5, 0.6) is 0 Å². The molecule has 0 radical (unpaired) electrons. The summed E-state index contributed by atoms with van der Waals surface area (Å²) in [5.74, 6) is 0. The number of hydrogen-bond donors (Lipinski definition) is 3. The van der Waals surface area contributed by atoms with Crippen molar-refractivity contribution in [1.82, 2.24) is 10.6 Å². The Hall–Kier alpha value is -1.55. The van der Waals surface area contributed by atoms with Crippen molar-refractivity contribution in [1.29, 1.82) is 0 Å². The third-order valence-electron chi connectivity index (χ3n) is 4.13. The molecule has 0 saturated heterocycles. The van der Waals surface area contributed by atoms with Crippen LogP contribution in [0.3, 0.4) is 0 Å². The Labute approximate surface area is 120 Å². The summed E-state index contributed by atoms with van der Waals surface area (Å²) < 4.78 is 0. The predicted octanol–water partition coefficient (Wildman–Crippen LogP) is 2.18. The van der Waals surface area contributed by atoms with Crippen LogP contribution in [0.1, 0.15) is 38.2 Å². The lowest BCUT2D eigenvalue weighted by molar-refractivity contribution is 0.227. The van der Waals surface area contributed by atoms with Crippen LogP contribution in [0.2, 0.25) is 0 Å². The molecule has 110 valence electrons. The Bertz CT molecular complexity index is 429. The topological polar surface area (TPSA) is 61.4 Å². The van der Waals surface area contributed by atoms with Gasteiger partial charge < -0.3 is 15.7 Å². The quantitative estimate of drug-likeness (QED) is 0.715. The number of rotatable bonds is 7. The maximum atomic E-state index is 11.9. The average Bonchev–Trinajstić information content (AvgIpc) is 3.27. The van der Waals surface area contributed by atoms with Crippen LogP contribution >= 0.6 is 0 Å². The van der Waals surface area contributed by atoms with Crippen LogP contribution in [0, 0.1) is 0 Å². The van der Waals surface area contributed by atoms with Gasteiger partial charge in [-0.2, -0.15) is 0 Å². The van der Waals surface area contributed by atoms with Gasteiger partial charge in [-0.3, -0.25) is 0 Å². The minimum atomic E-state index is -0.132. The van der Waals surface area contributed by atoms with Crippen LogP contribution in [0.15, 0.2) is 30.3 Å². The molecule has 1 atom stereocenters. The molecule has 1 unspecified atom stereocenters. The van der Waals surface area contributed by atoms with Crippen molar-refractivity contribution >= 4 is 6.03 Å². The zero-order chi connectivity index (χ0) is 14.4. The van der Waals surface area contributed by atoms with Gasteiger partial charge in [0.15, 0.2) is 0 Å². The molecule has 1 aromatic carbocycles. The number of amides is 2. The van der Waals surface area contributed by atoms with Gasteiger partial charge in [0.1, 0.15) is 0 Å². The molecule has 1 aliphatic rings. The summed E-state index contributed by atoms with van der Waals surface area (Å²) in [5, 5.41) is 14.8. The zero-order valence-corrected chi connectivity index (χ0v) is 12.1. The van der Waals surface area contributed by atoms with Gasteiger partial charge in [-0.05, 0) is 31.2 Å². The van der Waals surface area contributed by atoms with E-state index in [1.807, 2.05) is 25.1 Å². The molecule has 1 aromatic rings. The molecule has 1 fully saturated rings. The van der Waals surface area contributed by atoms with Gasteiger partial charge in [0, 0.05) is 24.6 Å². The molecule has 4 heteroatoms. The summed E-state index contributed by atoms with van der Waals surface area (Å²) in [4.78, 5) is 11.9. The minimum Gasteiger partial charge on any atom is -0.396 e. The fraction of sp³-hybridized carbons (Fsp3) is 0.562. The fourth-order valence-electron chi connectivity index (χ4n) is 2.53.